The van der Waals surface area contributed by atoms with Crippen LogP contribution in [-0.2, 0) is 4.79 Å². The van der Waals surface area contributed by atoms with Crippen LogP contribution in [0.15, 0.2) is 36.5 Å². The van der Waals surface area contributed by atoms with Gasteiger partial charge >= 0.3 is 0 Å². The molecule has 0 spiro atoms. The van der Waals surface area contributed by atoms with Crippen LogP contribution in [0.4, 0.5) is 5.82 Å². The maximum atomic E-state index is 12.6. The number of nitrogens with one attached hydrogen (secondary N) is 1. The predicted octanol–water partition coefficient (Wildman–Crippen LogP) is 2.53. The number of para-hydroxylation sites is 1. The van der Waals surface area contributed by atoms with E-state index >= 15 is 0 Å². The fraction of sp³-hybridized carbons (Fsp3) is 0.312. The van der Waals surface area contributed by atoms with Gasteiger partial charge in [-0.25, -0.2) is 4.68 Å². The molecule has 0 bridgehead atoms. The van der Waals surface area contributed by atoms with Gasteiger partial charge in [-0.15, -0.1) is 11.6 Å². The minimum atomic E-state index is -0.391. The van der Waals surface area contributed by atoms with Gasteiger partial charge in [-0.3, -0.25) is 9.59 Å². The SMILES string of the molecule is CCN(CC)C(=O)c1cnn(-c2ccccc2)c1NC(=O)CCl. The summed E-state index contributed by atoms with van der Waals surface area (Å²) in [7, 11) is 0. The molecular formula is C16H19ClN4O2. The molecule has 0 saturated carbocycles. The van der Waals surface area contributed by atoms with Gasteiger partial charge in [-0.2, -0.15) is 5.10 Å². The number of anilines is 1. The standard InChI is InChI=1S/C16H19ClN4O2/c1-3-20(4-2)16(23)13-11-18-21(12-8-6-5-7-9-12)15(13)19-14(22)10-17/h5-9,11H,3-4,10H2,1-2H3,(H,19,22). The van der Waals surface area contributed by atoms with E-state index in [4.69, 9.17) is 11.6 Å². The van der Waals surface area contributed by atoms with Gasteiger partial charge in [0.15, 0.2) is 0 Å². The van der Waals surface area contributed by atoms with Gasteiger partial charge < -0.3 is 10.2 Å². The summed E-state index contributed by atoms with van der Waals surface area (Å²) in [5.74, 6) is -0.433. The summed E-state index contributed by atoms with van der Waals surface area (Å²) < 4.78 is 1.53. The number of nitrogens with zero attached hydrogens (tertiary/aromatic N) is 3. The molecule has 122 valence electrons. The van der Waals surface area contributed by atoms with Crippen molar-refractivity contribution in [3.8, 4) is 5.69 Å². The number of benzene rings is 1. The van der Waals surface area contributed by atoms with Gasteiger partial charge in [-0.1, -0.05) is 18.2 Å². The first kappa shape index (κ1) is 17.0. The van der Waals surface area contributed by atoms with Crippen LogP contribution in [0.3, 0.4) is 0 Å². The van der Waals surface area contributed by atoms with Gasteiger partial charge in [0.1, 0.15) is 17.3 Å². The van der Waals surface area contributed by atoms with E-state index in [1.165, 1.54) is 10.9 Å². The Balaban J connectivity index is 2.49. The molecule has 0 radical (unpaired) electrons. The van der Waals surface area contributed by atoms with Crippen LogP contribution >= 0.6 is 11.6 Å². The summed E-state index contributed by atoms with van der Waals surface area (Å²) in [6, 6.07) is 9.28. The molecule has 0 atom stereocenters. The summed E-state index contributed by atoms with van der Waals surface area (Å²) >= 11 is 5.58. The molecule has 0 saturated heterocycles. The number of rotatable bonds is 6. The summed E-state index contributed by atoms with van der Waals surface area (Å²) in [4.78, 5) is 26.0. The Morgan fingerprint density at radius 2 is 1.87 bits per heavy atom. The largest absolute Gasteiger partial charge is 0.339 e. The van der Waals surface area contributed by atoms with Crippen LogP contribution in [-0.4, -0.2) is 45.5 Å². The number of hydrogen-bond donors (Lipinski definition) is 1. The van der Waals surface area contributed by atoms with Crippen LogP contribution in [0.5, 0.6) is 0 Å². The van der Waals surface area contributed by atoms with E-state index in [0.29, 0.717) is 24.5 Å². The third-order valence-corrected chi connectivity index (χ3v) is 3.67. The molecule has 6 nitrogen and oxygen atoms in total. The minimum Gasteiger partial charge on any atom is -0.339 e. The molecule has 1 heterocycles. The van der Waals surface area contributed by atoms with Gasteiger partial charge in [0, 0.05) is 13.1 Å². The third-order valence-electron chi connectivity index (χ3n) is 3.43. The Kier molecular flexibility index (Phi) is 5.76. The number of carbonyl (C=O) groups is 2. The molecule has 0 aliphatic heterocycles. The zero-order chi connectivity index (χ0) is 16.8. The minimum absolute atomic E-state index is 0.179. The highest BCUT2D eigenvalue weighted by Crippen LogP contribution is 2.22. The average molecular weight is 335 g/mol. The molecule has 2 amide bonds. The van der Waals surface area contributed by atoms with Crippen LogP contribution in [0.25, 0.3) is 5.69 Å². The molecular weight excluding hydrogens is 316 g/mol. The molecule has 0 fully saturated rings. The lowest BCUT2D eigenvalue weighted by molar-refractivity contribution is -0.114. The van der Waals surface area contributed by atoms with Crippen molar-refractivity contribution in [3.05, 3.63) is 42.1 Å². The molecule has 1 aromatic carbocycles. The van der Waals surface area contributed by atoms with Crippen molar-refractivity contribution in [2.45, 2.75) is 13.8 Å². The van der Waals surface area contributed by atoms with Crippen LogP contribution in [0, 0.1) is 0 Å². The number of aromatic nitrogens is 2. The van der Waals surface area contributed by atoms with Gasteiger partial charge in [-0.05, 0) is 26.0 Å². The molecule has 2 aromatic rings. The normalized spacial score (nSPS) is 10.4. The van der Waals surface area contributed by atoms with Gasteiger partial charge in [0.25, 0.3) is 5.91 Å². The molecule has 0 unspecified atom stereocenters. The first-order valence-electron chi connectivity index (χ1n) is 7.40. The number of carbonyl (C=O) groups excluding carboxylic acids is 2. The molecule has 0 aliphatic rings. The average Bonchev–Trinajstić information content (AvgIpc) is 3.00. The second-order valence-corrected chi connectivity index (χ2v) is 5.08. The molecule has 1 N–H and O–H groups in total. The van der Waals surface area contributed by atoms with Crippen molar-refractivity contribution in [1.29, 1.82) is 0 Å². The van der Waals surface area contributed by atoms with E-state index in [2.05, 4.69) is 10.4 Å². The van der Waals surface area contributed by atoms with Crippen LogP contribution in [0.1, 0.15) is 24.2 Å². The van der Waals surface area contributed by atoms with Crippen LogP contribution in [0.2, 0.25) is 0 Å². The lowest BCUT2D eigenvalue weighted by atomic mass is 10.2. The van der Waals surface area contributed by atoms with E-state index < -0.39 is 5.91 Å². The Labute approximate surface area is 140 Å². The highest BCUT2D eigenvalue weighted by atomic mass is 35.5. The molecule has 1 aromatic heterocycles. The third kappa shape index (κ3) is 3.71. The first-order valence-corrected chi connectivity index (χ1v) is 7.94. The highest BCUT2D eigenvalue weighted by Gasteiger charge is 2.23. The van der Waals surface area contributed by atoms with Gasteiger partial charge in [0.05, 0.1) is 11.9 Å². The quantitative estimate of drug-likeness (QED) is 0.825. The summed E-state index contributed by atoms with van der Waals surface area (Å²) in [5, 5.41) is 6.93. The Morgan fingerprint density at radius 1 is 1.22 bits per heavy atom. The number of amides is 2. The van der Waals surface area contributed by atoms with E-state index in [1.807, 2.05) is 44.2 Å². The lowest BCUT2D eigenvalue weighted by Gasteiger charge is -2.19. The lowest BCUT2D eigenvalue weighted by Crippen LogP contribution is -2.31. The Bertz CT molecular complexity index is 681. The number of halogens is 1. The zero-order valence-electron chi connectivity index (χ0n) is 13.1. The highest BCUT2D eigenvalue weighted by molar-refractivity contribution is 6.29. The fourth-order valence-electron chi connectivity index (χ4n) is 2.24. The van der Waals surface area contributed by atoms with Crippen LogP contribution < -0.4 is 5.32 Å². The van der Waals surface area contributed by atoms with Crippen molar-refractivity contribution < 1.29 is 9.59 Å². The summed E-state index contributed by atoms with van der Waals surface area (Å²) in [5.41, 5.74) is 1.09. The summed E-state index contributed by atoms with van der Waals surface area (Å²) in [6.45, 7) is 4.96. The Hall–Kier alpha value is -2.34. The number of alkyl halides is 1. The van der Waals surface area contributed by atoms with E-state index in [9.17, 15) is 9.59 Å². The predicted molar refractivity (Wildman–Crippen MR) is 90.2 cm³/mol. The fourth-order valence-corrected chi connectivity index (χ4v) is 2.30. The van der Waals surface area contributed by atoms with Crippen molar-refractivity contribution in [2.75, 3.05) is 24.3 Å². The number of hydrogen-bond acceptors (Lipinski definition) is 3. The maximum Gasteiger partial charge on any atom is 0.259 e. The zero-order valence-corrected chi connectivity index (χ0v) is 13.9. The Morgan fingerprint density at radius 3 is 2.43 bits per heavy atom. The molecule has 2 rings (SSSR count). The van der Waals surface area contributed by atoms with Crippen molar-refractivity contribution in [3.63, 3.8) is 0 Å². The van der Waals surface area contributed by atoms with Crippen molar-refractivity contribution in [2.24, 2.45) is 0 Å². The molecule has 0 aliphatic carbocycles. The smallest absolute Gasteiger partial charge is 0.259 e. The van der Waals surface area contributed by atoms with Crippen molar-refractivity contribution in [1.82, 2.24) is 14.7 Å². The van der Waals surface area contributed by atoms with Gasteiger partial charge in [0.2, 0.25) is 5.91 Å². The first-order chi connectivity index (χ1) is 11.1. The summed E-state index contributed by atoms with van der Waals surface area (Å²) in [6.07, 6.45) is 1.47. The molecule has 23 heavy (non-hydrogen) atoms. The van der Waals surface area contributed by atoms with E-state index in [0.717, 1.165) is 5.69 Å². The maximum absolute atomic E-state index is 12.6. The monoisotopic (exact) mass is 334 g/mol. The molecule has 7 heteroatoms. The van der Waals surface area contributed by atoms with Crippen molar-refractivity contribution >= 4 is 29.2 Å². The van der Waals surface area contributed by atoms with E-state index in [1.54, 1.807) is 4.90 Å². The van der Waals surface area contributed by atoms with E-state index in [-0.39, 0.29) is 11.8 Å². The second-order valence-electron chi connectivity index (χ2n) is 4.81. The second kappa shape index (κ2) is 7.78. The topological polar surface area (TPSA) is 67.2 Å².